The number of allylic oxidation sites excluding steroid dienone is 2. The van der Waals surface area contributed by atoms with E-state index in [0.29, 0.717) is 17.5 Å². The summed E-state index contributed by atoms with van der Waals surface area (Å²) >= 11 is 0. The van der Waals surface area contributed by atoms with E-state index in [9.17, 15) is 23.1 Å². The number of pyridine rings is 1. The van der Waals surface area contributed by atoms with E-state index < -0.39 is 23.4 Å². The molecule has 158 valence electrons. The van der Waals surface area contributed by atoms with Crippen LogP contribution < -0.4 is 4.74 Å². The van der Waals surface area contributed by atoms with Crippen molar-refractivity contribution in [1.29, 1.82) is 0 Å². The fourth-order valence-electron chi connectivity index (χ4n) is 3.68. The van der Waals surface area contributed by atoms with E-state index >= 15 is 0 Å². The van der Waals surface area contributed by atoms with Gasteiger partial charge in [-0.15, -0.1) is 0 Å². The van der Waals surface area contributed by atoms with Crippen molar-refractivity contribution in [1.82, 2.24) is 4.98 Å². The zero-order valence-electron chi connectivity index (χ0n) is 16.4. The summed E-state index contributed by atoms with van der Waals surface area (Å²) in [6.07, 6.45) is 2.49. The highest BCUT2D eigenvalue weighted by molar-refractivity contribution is 5.93. The van der Waals surface area contributed by atoms with Crippen LogP contribution in [0.25, 0.3) is 11.1 Å². The molecule has 0 atom stereocenters. The molecule has 31 heavy (non-hydrogen) atoms. The van der Waals surface area contributed by atoms with Crippen molar-refractivity contribution in [3.05, 3.63) is 94.6 Å². The number of aromatic nitrogens is 1. The van der Waals surface area contributed by atoms with Gasteiger partial charge in [-0.1, -0.05) is 18.2 Å². The second-order valence-corrected chi connectivity index (χ2v) is 7.20. The van der Waals surface area contributed by atoms with Gasteiger partial charge in [0, 0.05) is 11.6 Å². The van der Waals surface area contributed by atoms with Gasteiger partial charge in [-0.25, -0.2) is 22.9 Å². The Bertz CT molecular complexity index is 1190. The Balaban J connectivity index is 1.60. The van der Waals surface area contributed by atoms with Crippen molar-refractivity contribution >= 4 is 17.1 Å². The lowest BCUT2D eigenvalue weighted by atomic mass is 9.99. The van der Waals surface area contributed by atoms with E-state index in [4.69, 9.17) is 4.74 Å². The third-order valence-corrected chi connectivity index (χ3v) is 5.16. The van der Waals surface area contributed by atoms with E-state index in [1.165, 1.54) is 6.07 Å². The van der Waals surface area contributed by atoms with Gasteiger partial charge < -0.3 is 9.84 Å². The molecular formula is C24H18F3NO3. The number of ether oxygens (including phenoxy) is 1. The minimum atomic E-state index is -1.25. The number of nitrogens with zero attached hydrogens (tertiary/aromatic N) is 1. The Kier molecular flexibility index (Phi) is 5.75. The van der Waals surface area contributed by atoms with Crippen molar-refractivity contribution in [2.75, 3.05) is 0 Å². The van der Waals surface area contributed by atoms with Crippen LogP contribution in [0.3, 0.4) is 0 Å². The van der Waals surface area contributed by atoms with Gasteiger partial charge >= 0.3 is 5.97 Å². The number of hydrogen-bond donors (Lipinski definition) is 1. The SMILES string of the molecule is O=C(O)c1cccc(C2=C(c3cccc(OCc4cc(F)c(F)cc4F)c3)CCC2)n1. The first kappa shape index (κ1) is 20.7. The van der Waals surface area contributed by atoms with Crippen LogP contribution in [0.2, 0.25) is 0 Å². The van der Waals surface area contributed by atoms with Gasteiger partial charge in [0.25, 0.3) is 0 Å². The summed E-state index contributed by atoms with van der Waals surface area (Å²) < 4.78 is 45.9. The van der Waals surface area contributed by atoms with Crippen LogP contribution in [0.5, 0.6) is 5.75 Å². The van der Waals surface area contributed by atoms with Gasteiger partial charge in [0.05, 0.1) is 5.69 Å². The minimum absolute atomic E-state index is 0.0121. The van der Waals surface area contributed by atoms with Crippen LogP contribution in [0, 0.1) is 17.5 Å². The molecule has 0 saturated carbocycles. The normalized spacial score (nSPS) is 13.5. The van der Waals surface area contributed by atoms with Crippen LogP contribution in [0.1, 0.15) is 46.6 Å². The van der Waals surface area contributed by atoms with Crippen molar-refractivity contribution in [3.63, 3.8) is 0 Å². The molecule has 0 unspecified atom stereocenters. The molecule has 4 nitrogen and oxygen atoms in total. The van der Waals surface area contributed by atoms with Gasteiger partial charge in [0.2, 0.25) is 0 Å². The van der Waals surface area contributed by atoms with Crippen LogP contribution in [0.4, 0.5) is 13.2 Å². The predicted molar refractivity (Wildman–Crippen MR) is 109 cm³/mol. The molecule has 2 aromatic carbocycles. The molecule has 7 heteroatoms. The van der Waals surface area contributed by atoms with Crippen molar-refractivity contribution in [3.8, 4) is 5.75 Å². The van der Waals surface area contributed by atoms with Crippen LogP contribution in [0.15, 0.2) is 54.6 Å². The largest absolute Gasteiger partial charge is 0.489 e. The molecule has 0 radical (unpaired) electrons. The summed E-state index contributed by atoms with van der Waals surface area (Å²) in [4.78, 5) is 15.5. The molecule has 0 amide bonds. The van der Waals surface area contributed by atoms with Crippen molar-refractivity contribution in [2.45, 2.75) is 25.9 Å². The highest BCUT2D eigenvalue weighted by Gasteiger charge is 2.20. The highest BCUT2D eigenvalue weighted by atomic mass is 19.2. The molecular weight excluding hydrogens is 407 g/mol. The molecule has 0 bridgehead atoms. The fraction of sp³-hybridized carbons (Fsp3) is 0.167. The fourth-order valence-corrected chi connectivity index (χ4v) is 3.68. The average molecular weight is 425 g/mol. The van der Waals surface area contributed by atoms with Crippen molar-refractivity contribution in [2.24, 2.45) is 0 Å². The van der Waals surface area contributed by atoms with Crippen LogP contribution >= 0.6 is 0 Å². The van der Waals surface area contributed by atoms with E-state index in [1.807, 2.05) is 6.07 Å². The molecule has 0 spiro atoms. The number of carboxylic acid groups (broad SMARTS) is 1. The van der Waals surface area contributed by atoms with Gasteiger partial charge in [-0.2, -0.15) is 0 Å². The van der Waals surface area contributed by atoms with Crippen LogP contribution in [-0.2, 0) is 6.61 Å². The first-order valence-corrected chi connectivity index (χ1v) is 9.72. The number of aromatic carboxylic acids is 1. The monoisotopic (exact) mass is 425 g/mol. The lowest BCUT2D eigenvalue weighted by molar-refractivity contribution is 0.0690. The lowest BCUT2D eigenvalue weighted by Gasteiger charge is -2.12. The Labute approximate surface area is 176 Å². The third-order valence-electron chi connectivity index (χ3n) is 5.16. The molecule has 0 aliphatic heterocycles. The predicted octanol–water partition coefficient (Wildman–Crippen LogP) is 5.87. The molecule has 0 fully saturated rings. The Morgan fingerprint density at radius 3 is 2.48 bits per heavy atom. The first-order chi connectivity index (χ1) is 14.9. The number of rotatable bonds is 6. The second kappa shape index (κ2) is 8.63. The van der Waals surface area contributed by atoms with Crippen LogP contribution in [-0.4, -0.2) is 16.1 Å². The zero-order valence-corrected chi connectivity index (χ0v) is 16.4. The third kappa shape index (κ3) is 4.45. The Morgan fingerprint density at radius 1 is 0.935 bits per heavy atom. The maximum Gasteiger partial charge on any atom is 0.354 e. The molecule has 3 aromatic rings. The number of carboxylic acids is 1. The molecule has 1 aliphatic rings. The molecule has 1 aliphatic carbocycles. The van der Waals surface area contributed by atoms with E-state index in [-0.39, 0.29) is 17.9 Å². The van der Waals surface area contributed by atoms with Gasteiger partial charge in [-0.3, -0.25) is 0 Å². The van der Waals surface area contributed by atoms with Gasteiger partial charge in [0.1, 0.15) is 23.9 Å². The maximum absolute atomic E-state index is 13.8. The van der Waals surface area contributed by atoms with Gasteiger partial charge in [0.15, 0.2) is 11.6 Å². The van der Waals surface area contributed by atoms with E-state index in [2.05, 4.69) is 4.98 Å². The molecule has 4 rings (SSSR count). The second-order valence-electron chi connectivity index (χ2n) is 7.20. The number of carbonyl (C=O) groups is 1. The molecule has 1 aromatic heterocycles. The summed E-state index contributed by atoms with van der Waals surface area (Å²) in [5, 5.41) is 9.21. The van der Waals surface area contributed by atoms with E-state index in [0.717, 1.165) is 42.0 Å². The average Bonchev–Trinajstić information content (AvgIpc) is 3.26. The minimum Gasteiger partial charge on any atom is -0.489 e. The topological polar surface area (TPSA) is 59.4 Å². The smallest absolute Gasteiger partial charge is 0.354 e. The molecule has 1 N–H and O–H groups in total. The summed E-state index contributed by atoms with van der Waals surface area (Å²) in [7, 11) is 0. The maximum atomic E-state index is 13.8. The Hall–Kier alpha value is -3.61. The summed E-state index contributed by atoms with van der Waals surface area (Å²) in [5.41, 5.74) is 3.44. The summed E-state index contributed by atoms with van der Waals surface area (Å²) in [6.45, 7) is -0.249. The number of hydrogen-bond acceptors (Lipinski definition) is 3. The highest BCUT2D eigenvalue weighted by Crippen LogP contribution is 2.40. The Morgan fingerprint density at radius 2 is 1.68 bits per heavy atom. The number of benzene rings is 2. The molecule has 1 heterocycles. The summed E-state index contributed by atoms with van der Waals surface area (Å²) in [6, 6.07) is 13.4. The quantitative estimate of drug-likeness (QED) is 0.502. The zero-order chi connectivity index (χ0) is 22.0. The first-order valence-electron chi connectivity index (χ1n) is 9.72. The van der Waals surface area contributed by atoms with Gasteiger partial charge in [-0.05, 0) is 66.3 Å². The van der Waals surface area contributed by atoms with E-state index in [1.54, 1.807) is 30.3 Å². The standard InChI is InChI=1S/C24H18F3NO3/c25-19-12-21(27)20(26)11-15(19)13-31-16-5-1-4-14(10-16)17-6-2-7-18(17)22-8-3-9-23(28-22)24(29)30/h1,3-5,8-12H,2,6-7,13H2,(H,29,30). The molecule has 0 saturated heterocycles. The summed E-state index contributed by atoms with van der Waals surface area (Å²) in [5.74, 6) is -3.88. The number of halogens is 3. The lowest BCUT2D eigenvalue weighted by Crippen LogP contribution is -2.02. The van der Waals surface area contributed by atoms with Crippen molar-refractivity contribution < 1.29 is 27.8 Å².